The lowest BCUT2D eigenvalue weighted by Gasteiger charge is -2.07. The normalized spacial score (nSPS) is 10.3. The highest BCUT2D eigenvalue weighted by Gasteiger charge is 2.04. The Bertz CT molecular complexity index is 379. The smallest absolute Gasteiger partial charge is 0.251 e. The van der Waals surface area contributed by atoms with Gasteiger partial charge in [-0.05, 0) is 48.0 Å². The van der Waals surface area contributed by atoms with Gasteiger partial charge in [-0.1, -0.05) is 42.4 Å². The Balaban J connectivity index is 2.30. The minimum atomic E-state index is -0.000387. The van der Waals surface area contributed by atoms with Crippen LogP contribution in [-0.2, 0) is 0 Å². The molecule has 0 aliphatic rings. The molecule has 0 atom stereocenters. The average Bonchev–Trinajstić information content (AvgIpc) is 2.48. The summed E-state index contributed by atoms with van der Waals surface area (Å²) in [6.07, 6.45) is 5.62. The molecule has 0 aromatic heterocycles. The Morgan fingerprint density at radius 2 is 1.90 bits per heavy atom. The third-order valence-corrected chi connectivity index (χ3v) is 3.74. The van der Waals surface area contributed by atoms with Crippen molar-refractivity contribution in [2.75, 3.05) is 17.6 Å². The second-order valence-electron chi connectivity index (χ2n) is 4.73. The zero-order valence-electron chi connectivity index (χ0n) is 12.2. The fourth-order valence-corrected chi connectivity index (χ4v) is 2.28. The molecular formula is C16H24INO2. The highest BCUT2D eigenvalue weighted by molar-refractivity contribution is 14.1. The van der Waals surface area contributed by atoms with Crippen molar-refractivity contribution in [2.45, 2.75) is 39.0 Å². The van der Waals surface area contributed by atoms with Gasteiger partial charge in [-0.15, -0.1) is 0 Å². The predicted molar refractivity (Wildman–Crippen MR) is 91.9 cm³/mol. The Hall–Kier alpha value is -0.780. The van der Waals surface area contributed by atoms with Crippen LogP contribution in [0.2, 0.25) is 0 Å². The van der Waals surface area contributed by atoms with Crippen molar-refractivity contribution < 1.29 is 9.53 Å². The summed E-state index contributed by atoms with van der Waals surface area (Å²) in [6.45, 7) is 3.62. The van der Waals surface area contributed by atoms with E-state index in [-0.39, 0.29) is 5.91 Å². The van der Waals surface area contributed by atoms with Gasteiger partial charge in [0.05, 0.1) is 6.61 Å². The zero-order chi connectivity index (χ0) is 14.6. The zero-order valence-corrected chi connectivity index (χ0v) is 14.3. The maximum absolute atomic E-state index is 11.9. The van der Waals surface area contributed by atoms with Crippen LogP contribution in [0.3, 0.4) is 0 Å². The molecule has 0 spiro atoms. The van der Waals surface area contributed by atoms with E-state index in [2.05, 4.69) is 34.8 Å². The van der Waals surface area contributed by atoms with Crippen molar-refractivity contribution in [1.82, 2.24) is 5.32 Å². The van der Waals surface area contributed by atoms with Gasteiger partial charge >= 0.3 is 0 Å². The third kappa shape index (κ3) is 7.12. The summed E-state index contributed by atoms with van der Waals surface area (Å²) in [5.41, 5.74) is 0.696. The molecule has 3 nitrogen and oxygen atoms in total. The first-order chi connectivity index (χ1) is 9.77. The number of unbranched alkanes of at least 4 members (excludes halogenated alkanes) is 3. The van der Waals surface area contributed by atoms with Gasteiger partial charge in [0.15, 0.2) is 0 Å². The Morgan fingerprint density at radius 1 is 1.15 bits per heavy atom. The van der Waals surface area contributed by atoms with Gasteiger partial charge in [0.1, 0.15) is 5.75 Å². The van der Waals surface area contributed by atoms with E-state index in [1.807, 2.05) is 24.3 Å². The molecular weight excluding hydrogens is 365 g/mol. The fourth-order valence-electron chi connectivity index (χ4n) is 1.74. The number of benzene rings is 1. The number of ether oxygens (including phenoxy) is 1. The fraction of sp³-hybridized carbons (Fsp3) is 0.562. The average molecular weight is 389 g/mol. The van der Waals surface area contributed by atoms with Gasteiger partial charge in [0.25, 0.3) is 5.91 Å². The molecule has 20 heavy (non-hydrogen) atoms. The topological polar surface area (TPSA) is 38.3 Å². The number of hydrogen-bond acceptors (Lipinski definition) is 2. The Kier molecular flexibility index (Phi) is 9.45. The first-order valence-electron chi connectivity index (χ1n) is 7.35. The van der Waals surface area contributed by atoms with Crippen molar-refractivity contribution in [1.29, 1.82) is 0 Å². The summed E-state index contributed by atoms with van der Waals surface area (Å²) in [7, 11) is 0. The van der Waals surface area contributed by atoms with Crippen molar-refractivity contribution in [3.8, 4) is 5.75 Å². The summed E-state index contributed by atoms with van der Waals surface area (Å²) in [6, 6.07) is 7.37. The summed E-state index contributed by atoms with van der Waals surface area (Å²) < 4.78 is 6.76. The molecule has 4 heteroatoms. The van der Waals surface area contributed by atoms with Gasteiger partial charge in [0, 0.05) is 12.1 Å². The minimum Gasteiger partial charge on any atom is -0.494 e. The molecule has 1 aromatic rings. The van der Waals surface area contributed by atoms with Crippen molar-refractivity contribution in [3.63, 3.8) is 0 Å². The van der Waals surface area contributed by atoms with E-state index in [1.165, 1.54) is 17.3 Å². The summed E-state index contributed by atoms with van der Waals surface area (Å²) in [4.78, 5) is 11.9. The van der Waals surface area contributed by atoms with E-state index in [0.717, 1.165) is 38.2 Å². The van der Waals surface area contributed by atoms with Gasteiger partial charge in [-0.2, -0.15) is 0 Å². The molecule has 0 saturated heterocycles. The Labute approximate surface area is 135 Å². The van der Waals surface area contributed by atoms with Crippen LogP contribution in [-0.4, -0.2) is 23.5 Å². The second kappa shape index (κ2) is 10.9. The van der Waals surface area contributed by atoms with Crippen LogP contribution in [0.4, 0.5) is 0 Å². The molecule has 0 bridgehead atoms. The largest absolute Gasteiger partial charge is 0.494 e. The minimum absolute atomic E-state index is 0.000387. The van der Waals surface area contributed by atoms with Crippen molar-refractivity contribution in [2.24, 2.45) is 0 Å². The van der Waals surface area contributed by atoms with E-state index in [9.17, 15) is 4.79 Å². The maximum Gasteiger partial charge on any atom is 0.251 e. The standard InChI is InChI=1S/C16H24INO2/c1-2-3-13-20-15-9-7-14(8-10-15)16(19)18-12-6-4-5-11-17/h7-10H,2-6,11-13H2,1H3,(H,18,19). The molecule has 0 saturated carbocycles. The lowest BCUT2D eigenvalue weighted by molar-refractivity contribution is 0.0953. The molecule has 1 aromatic carbocycles. The van der Waals surface area contributed by atoms with Crippen molar-refractivity contribution >= 4 is 28.5 Å². The lowest BCUT2D eigenvalue weighted by atomic mass is 10.2. The Morgan fingerprint density at radius 3 is 2.55 bits per heavy atom. The molecule has 112 valence electrons. The van der Waals surface area contributed by atoms with E-state index >= 15 is 0 Å². The molecule has 1 N–H and O–H groups in total. The molecule has 0 aliphatic carbocycles. The summed E-state index contributed by atoms with van der Waals surface area (Å²) in [5.74, 6) is 0.830. The molecule has 0 aliphatic heterocycles. The number of rotatable bonds is 10. The molecule has 0 fully saturated rings. The monoisotopic (exact) mass is 389 g/mol. The van der Waals surface area contributed by atoms with Crippen LogP contribution in [0.15, 0.2) is 24.3 Å². The van der Waals surface area contributed by atoms with E-state index in [4.69, 9.17) is 4.74 Å². The second-order valence-corrected chi connectivity index (χ2v) is 5.81. The molecule has 1 amide bonds. The molecule has 1 rings (SSSR count). The predicted octanol–water partition coefficient (Wildman–Crippen LogP) is 4.20. The maximum atomic E-state index is 11.9. The quantitative estimate of drug-likeness (QED) is 0.370. The van der Waals surface area contributed by atoms with Crippen LogP contribution < -0.4 is 10.1 Å². The number of carbonyl (C=O) groups is 1. The molecule has 0 heterocycles. The van der Waals surface area contributed by atoms with Crippen LogP contribution >= 0.6 is 22.6 Å². The van der Waals surface area contributed by atoms with E-state index in [0.29, 0.717) is 5.56 Å². The van der Waals surface area contributed by atoms with Gasteiger partial charge in [-0.3, -0.25) is 4.79 Å². The van der Waals surface area contributed by atoms with E-state index in [1.54, 1.807) is 0 Å². The number of amides is 1. The summed E-state index contributed by atoms with van der Waals surface area (Å²) >= 11 is 2.38. The number of carbonyl (C=O) groups excluding carboxylic acids is 1. The van der Waals surface area contributed by atoms with Gasteiger partial charge < -0.3 is 10.1 Å². The number of alkyl halides is 1. The lowest BCUT2D eigenvalue weighted by Crippen LogP contribution is -2.24. The van der Waals surface area contributed by atoms with Crippen LogP contribution in [0, 0.1) is 0 Å². The molecule has 0 unspecified atom stereocenters. The van der Waals surface area contributed by atoms with Crippen LogP contribution in [0.5, 0.6) is 5.75 Å². The van der Waals surface area contributed by atoms with Crippen LogP contribution in [0.1, 0.15) is 49.4 Å². The first-order valence-corrected chi connectivity index (χ1v) is 8.87. The van der Waals surface area contributed by atoms with Gasteiger partial charge in [0.2, 0.25) is 0 Å². The van der Waals surface area contributed by atoms with Crippen LogP contribution in [0.25, 0.3) is 0 Å². The van der Waals surface area contributed by atoms with Gasteiger partial charge in [-0.25, -0.2) is 0 Å². The highest BCUT2D eigenvalue weighted by Crippen LogP contribution is 2.12. The molecule has 0 radical (unpaired) electrons. The van der Waals surface area contributed by atoms with E-state index < -0.39 is 0 Å². The summed E-state index contributed by atoms with van der Waals surface area (Å²) in [5, 5.41) is 2.95. The third-order valence-electron chi connectivity index (χ3n) is 2.98. The van der Waals surface area contributed by atoms with Crippen molar-refractivity contribution in [3.05, 3.63) is 29.8 Å². The number of hydrogen-bond donors (Lipinski definition) is 1. The number of halogens is 1. The number of nitrogens with one attached hydrogen (secondary N) is 1. The first kappa shape index (κ1) is 17.3. The highest BCUT2D eigenvalue weighted by atomic mass is 127. The SMILES string of the molecule is CCCCOc1ccc(C(=O)NCCCCCI)cc1.